The molecule has 0 aromatic rings. The Kier molecular flexibility index (Phi) is 4.71. The Bertz CT molecular complexity index is 570. The summed E-state index contributed by atoms with van der Waals surface area (Å²) in [5.74, 6) is 4.11. The van der Waals surface area contributed by atoms with E-state index in [1.165, 1.54) is 6.42 Å². The van der Waals surface area contributed by atoms with Gasteiger partial charge in [-0.3, -0.25) is 0 Å². The van der Waals surface area contributed by atoms with Crippen molar-refractivity contribution in [3.63, 3.8) is 0 Å². The van der Waals surface area contributed by atoms with Gasteiger partial charge < -0.3 is 0 Å². The Morgan fingerprint density at radius 2 is 1.08 bits per heavy atom. The van der Waals surface area contributed by atoms with E-state index in [9.17, 15) is 0 Å². The summed E-state index contributed by atoms with van der Waals surface area (Å²) in [5, 5.41) is 0. The fraction of sp³-hybridized carbons (Fsp3) is 0.680. The lowest BCUT2D eigenvalue weighted by Gasteiger charge is -2.33. The van der Waals surface area contributed by atoms with Crippen molar-refractivity contribution in [3.05, 3.63) is 47.6 Å². The van der Waals surface area contributed by atoms with Gasteiger partial charge in [0.15, 0.2) is 0 Å². The topological polar surface area (TPSA) is 0 Å². The third-order valence-electron chi connectivity index (χ3n) is 7.41. The predicted octanol–water partition coefficient (Wildman–Crippen LogP) is 7.21. The van der Waals surface area contributed by atoms with Crippen LogP contribution in [-0.2, 0) is 0 Å². The van der Waals surface area contributed by atoms with Gasteiger partial charge in [0, 0.05) is 0 Å². The van der Waals surface area contributed by atoms with Gasteiger partial charge >= 0.3 is 0 Å². The molecule has 3 aliphatic carbocycles. The number of fused-ring (bicyclic) bond motifs is 3. The standard InChI is InChI=1S/C25H38/c1-16(24(3,4)5)18-9-11-22-20(13-18)15-21-14-19(10-12-23(21)22)17(2)25(6,7)8/h9-14,16-17,20-23H,15H2,1-8H3. The van der Waals surface area contributed by atoms with Gasteiger partial charge in [-0.15, -0.1) is 0 Å². The molecule has 6 unspecified atom stereocenters. The molecular weight excluding hydrogens is 300 g/mol. The molecule has 3 aliphatic rings. The minimum absolute atomic E-state index is 0.337. The van der Waals surface area contributed by atoms with Crippen LogP contribution in [0.4, 0.5) is 0 Å². The smallest absolute Gasteiger partial charge is 0.00981 e. The van der Waals surface area contributed by atoms with Crippen molar-refractivity contribution < 1.29 is 0 Å². The lowest BCUT2D eigenvalue weighted by atomic mass is 9.72. The lowest BCUT2D eigenvalue weighted by Crippen LogP contribution is -2.23. The molecule has 0 nitrogen and oxygen atoms in total. The summed E-state index contributed by atoms with van der Waals surface area (Å²) in [6.45, 7) is 18.9. The van der Waals surface area contributed by atoms with E-state index in [1.807, 2.05) is 0 Å². The second kappa shape index (κ2) is 6.29. The van der Waals surface area contributed by atoms with Crippen LogP contribution in [0.25, 0.3) is 0 Å². The molecule has 0 heteroatoms. The van der Waals surface area contributed by atoms with Crippen molar-refractivity contribution in [1.82, 2.24) is 0 Å². The zero-order valence-electron chi connectivity index (χ0n) is 17.6. The molecule has 6 atom stereocenters. The van der Waals surface area contributed by atoms with Crippen LogP contribution in [0.1, 0.15) is 61.8 Å². The average Bonchev–Trinajstić information content (AvgIpc) is 2.88. The van der Waals surface area contributed by atoms with Gasteiger partial charge in [0.05, 0.1) is 0 Å². The van der Waals surface area contributed by atoms with Crippen molar-refractivity contribution in [2.24, 2.45) is 46.3 Å². The summed E-state index contributed by atoms with van der Waals surface area (Å²) < 4.78 is 0. The van der Waals surface area contributed by atoms with Crippen LogP contribution in [0.15, 0.2) is 47.6 Å². The first-order valence-electron chi connectivity index (χ1n) is 10.3. The van der Waals surface area contributed by atoms with Crippen LogP contribution < -0.4 is 0 Å². The zero-order chi connectivity index (χ0) is 18.6. The highest BCUT2D eigenvalue weighted by atomic mass is 14.5. The number of rotatable bonds is 2. The molecule has 0 saturated heterocycles. The summed E-state index contributed by atoms with van der Waals surface area (Å²) in [7, 11) is 0. The lowest BCUT2D eigenvalue weighted by molar-refractivity contribution is 0.299. The molecule has 1 fully saturated rings. The molecule has 0 N–H and O–H groups in total. The summed E-state index contributed by atoms with van der Waals surface area (Å²) >= 11 is 0. The minimum atomic E-state index is 0.337. The fourth-order valence-electron chi connectivity index (χ4n) is 4.73. The minimum Gasteiger partial charge on any atom is -0.0799 e. The van der Waals surface area contributed by atoms with E-state index in [0.717, 1.165) is 11.8 Å². The molecule has 0 aliphatic heterocycles. The van der Waals surface area contributed by atoms with E-state index in [0.29, 0.717) is 34.5 Å². The molecular formula is C25H38. The van der Waals surface area contributed by atoms with Crippen LogP contribution >= 0.6 is 0 Å². The first-order chi connectivity index (χ1) is 11.5. The Morgan fingerprint density at radius 1 is 0.720 bits per heavy atom. The first kappa shape index (κ1) is 18.7. The molecule has 0 heterocycles. The number of allylic oxidation sites excluding steroid dienone is 8. The normalized spacial score (nSPS) is 34.1. The molecule has 25 heavy (non-hydrogen) atoms. The Balaban J connectivity index is 1.79. The highest BCUT2D eigenvalue weighted by molar-refractivity contribution is 5.36. The van der Waals surface area contributed by atoms with Crippen LogP contribution in [0, 0.1) is 46.3 Å². The molecule has 0 aromatic carbocycles. The Morgan fingerprint density at radius 3 is 1.40 bits per heavy atom. The summed E-state index contributed by atoms with van der Waals surface area (Å²) in [6.07, 6.45) is 16.5. The molecule has 0 bridgehead atoms. The average molecular weight is 339 g/mol. The number of hydrogen-bond acceptors (Lipinski definition) is 0. The van der Waals surface area contributed by atoms with Crippen LogP contribution in [0.5, 0.6) is 0 Å². The molecule has 138 valence electrons. The number of hydrogen-bond donors (Lipinski definition) is 0. The van der Waals surface area contributed by atoms with E-state index in [-0.39, 0.29) is 0 Å². The van der Waals surface area contributed by atoms with Crippen molar-refractivity contribution in [2.75, 3.05) is 0 Å². The highest BCUT2D eigenvalue weighted by Gasteiger charge is 2.42. The molecule has 0 spiro atoms. The van der Waals surface area contributed by atoms with Gasteiger partial charge in [-0.05, 0) is 63.9 Å². The molecule has 3 rings (SSSR count). The van der Waals surface area contributed by atoms with Gasteiger partial charge in [-0.25, -0.2) is 0 Å². The maximum atomic E-state index is 2.62. The summed E-state index contributed by atoms with van der Waals surface area (Å²) in [4.78, 5) is 0. The fourth-order valence-corrected chi connectivity index (χ4v) is 4.73. The third kappa shape index (κ3) is 3.60. The van der Waals surface area contributed by atoms with Gasteiger partial charge in [0.25, 0.3) is 0 Å². The van der Waals surface area contributed by atoms with Gasteiger partial charge in [-0.1, -0.05) is 91.8 Å². The van der Waals surface area contributed by atoms with E-state index >= 15 is 0 Å². The third-order valence-corrected chi connectivity index (χ3v) is 7.41. The van der Waals surface area contributed by atoms with Crippen LogP contribution in [-0.4, -0.2) is 0 Å². The van der Waals surface area contributed by atoms with E-state index < -0.39 is 0 Å². The van der Waals surface area contributed by atoms with Crippen LogP contribution in [0.2, 0.25) is 0 Å². The van der Waals surface area contributed by atoms with Crippen molar-refractivity contribution in [3.8, 4) is 0 Å². The zero-order valence-corrected chi connectivity index (χ0v) is 17.6. The molecule has 1 saturated carbocycles. The Labute approximate surface area is 156 Å². The molecule has 0 amide bonds. The Hall–Kier alpha value is -1.04. The summed E-state index contributed by atoms with van der Waals surface area (Å²) in [6, 6.07) is 0. The monoisotopic (exact) mass is 338 g/mol. The second-order valence-corrected chi connectivity index (χ2v) is 10.9. The second-order valence-electron chi connectivity index (χ2n) is 10.9. The largest absolute Gasteiger partial charge is 0.0799 e. The van der Waals surface area contributed by atoms with Crippen molar-refractivity contribution in [2.45, 2.75) is 61.8 Å². The highest BCUT2D eigenvalue weighted by Crippen LogP contribution is 2.51. The summed E-state index contributed by atoms with van der Waals surface area (Å²) in [5.41, 5.74) is 3.79. The van der Waals surface area contributed by atoms with Crippen LogP contribution in [0.3, 0.4) is 0 Å². The first-order valence-corrected chi connectivity index (χ1v) is 10.3. The maximum absolute atomic E-state index is 2.62. The van der Waals surface area contributed by atoms with Gasteiger partial charge in [0.2, 0.25) is 0 Å². The van der Waals surface area contributed by atoms with Crippen molar-refractivity contribution >= 4 is 0 Å². The van der Waals surface area contributed by atoms with Gasteiger partial charge in [-0.2, -0.15) is 0 Å². The molecule has 0 radical (unpaired) electrons. The van der Waals surface area contributed by atoms with Crippen molar-refractivity contribution in [1.29, 1.82) is 0 Å². The van der Waals surface area contributed by atoms with Gasteiger partial charge in [0.1, 0.15) is 0 Å². The molecule has 0 aromatic heterocycles. The van der Waals surface area contributed by atoms with E-state index in [1.54, 1.807) is 11.1 Å². The van der Waals surface area contributed by atoms with E-state index in [2.05, 4.69) is 91.8 Å². The maximum Gasteiger partial charge on any atom is -0.00981 e. The van der Waals surface area contributed by atoms with E-state index in [4.69, 9.17) is 0 Å². The quantitative estimate of drug-likeness (QED) is 0.499. The predicted molar refractivity (Wildman–Crippen MR) is 110 cm³/mol. The SMILES string of the molecule is CC(C1=CC2CC3C=C(C(C)C(C)(C)C)C=CC3C2C=C1)C(C)(C)C.